The largest absolute Gasteiger partial charge is 0.375 e. The fourth-order valence-electron chi connectivity index (χ4n) is 2.43. The number of nitrogens with one attached hydrogen (secondary N) is 1. The zero-order chi connectivity index (χ0) is 15.6. The molecule has 1 fully saturated rings. The Kier molecular flexibility index (Phi) is 4.24. The van der Waals surface area contributed by atoms with Crippen molar-refractivity contribution in [1.29, 1.82) is 5.26 Å². The first-order valence-electron chi connectivity index (χ1n) is 6.66. The maximum atomic E-state index is 13.5. The van der Waals surface area contributed by atoms with Crippen molar-refractivity contribution in [3.8, 4) is 6.07 Å². The zero-order valence-electron chi connectivity index (χ0n) is 11.9. The van der Waals surface area contributed by atoms with Crippen LogP contribution < -0.4 is 5.32 Å². The molecule has 0 aliphatic carbocycles. The van der Waals surface area contributed by atoms with Crippen LogP contribution in [-0.4, -0.2) is 24.2 Å². The highest BCUT2D eigenvalue weighted by atomic mass is 19.1. The van der Waals surface area contributed by atoms with Gasteiger partial charge in [-0.2, -0.15) is 5.26 Å². The summed E-state index contributed by atoms with van der Waals surface area (Å²) in [7, 11) is 0. The molecule has 0 bridgehead atoms. The topological polar surface area (TPSA) is 62.1 Å². The fourth-order valence-corrected chi connectivity index (χ4v) is 2.43. The van der Waals surface area contributed by atoms with Gasteiger partial charge in [-0.1, -0.05) is 0 Å². The molecule has 1 unspecified atom stereocenters. The summed E-state index contributed by atoms with van der Waals surface area (Å²) < 4.78 is 32.6. The second-order valence-corrected chi connectivity index (χ2v) is 5.70. The van der Waals surface area contributed by atoms with Crippen LogP contribution in [-0.2, 0) is 4.74 Å². The van der Waals surface area contributed by atoms with Crippen LogP contribution in [0, 0.1) is 23.0 Å². The Morgan fingerprint density at radius 1 is 1.43 bits per heavy atom. The number of nitriles is 1. The molecule has 0 radical (unpaired) electrons. The number of nitrogens with zero attached hydrogens (tertiary/aromatic N) is 1. The van der Waals surface area contributed by atoms with E-state index in [1.807, 2.05) is 13.8 Å². The summed E-state index contributed by atoms with van der Waals surface area (Å²) in [6, 6.07) is 3.07. The summed E-state index contributed by atoms with van der Waals surface area (Å²) >= 11 is 0. The molecule has 1 aliphatic heterocycles. The van der Waals surface area contributed by atoms with E-state index in [-0.39, 0.29) is 17.2 Å². The van der Waals surface area contributed by atoms with E-state index < -0.39 is 23.1 Å². The standard InChI is InChI=1S/C15H16F2N2O2/c1-15(2)7-10(3-4-21-15)19-14(20)9-5-12(16)11(8-18)13(17)6-9/h5-6,10H,3-4,7H2,1-2H3,(H,19,20). The Bertz CT molecular complexity index is 585. The van der Waals surface area contributed by atoms with Crippen molar-refractivity contribution < 1.29 is 18.3 Å². The highest BCUT2D eigenvalue weighted by Crippen LogP contribution is 2.24. The summed E-state index contributed by atoms with van der Waals surface area (Å²) in [6.07, 6.45) is 1.27. The summed E-state index contributed by atoms with van der Waals surface area (Å²) in [5.41, 5.74) is -1.15. The van der Waals surface area contributed by atoms with Crippen LogP contribution in [0.1, 0.15) is 42.6 Å². The molecular weight excluding hydrogens is 278 g/mol. The summed E-state index contributed by atoms with van der Waals surface area (Å²) in [4.78, 5) is 12.1. The number of hydrogen-bond donors (Lipinski definition) is 1. The van der Waals surface area contributed by atoms with E-state index >= 15 is 0 Å². The van der Waals surface area contributed by atoms with Gasteiger partial charge in [0.25, 0.3) is 5.91 Å². The van der Waals surface area contributed by atoms with Gasteiger partial charge in [0.2, 0.25) is 0 Å². The van der Waals surface area contributed by atoms with Crippen molar-refractivity contribution in [2.45, 2.75) is 38.3 Å². The molecule has 1 aromatic rings. The first-order valence-corrected chi connectivity index (χ1v) is 6.66. The van der Waals surface area contributed by atoms with Gasteiger partial charge in [0.15, 0.2) is 0 Å². The number of rotatable bonds is 2. The van der Waals surface area contributed by atoms with Crippen molar-refractivity contribution in [3.05, 3.63) is 34.9 Å². The van der Waals surface area contributed by atoms with Crippen LogP contribution in [0.2, 0.25) is 0 Å². The van der Waals surface area contributed by atoms with Crippen LogP contribution in [0.4, 0.5) is 8.78 Å². The second-order valence-electron chi connectivity index (χ2n) is 5.70. The molecule has 1 heterocycles. The average molecular weight is 294 g/mol. The van der Waals surface area contributed by atoms with Crippen molar-refractivity contribution in [3.63, 3.8) is 0 Å². The summed E-state index contributed by atoms with van der Waals surface area (Å²) in [5.74, 6) is -2.62. The lowest BCUT2D eigenvalue weighted by atomic mass is 9.93. The fraction of sp³-hybridized carbons (Fsp3) is 0.467. The van der Waals surface area contributed by atoms with E-state index in [2.05, 4.69) is 5.32 Å². The molecule has 1 aromatic carbocycles. The van der Waals surface area contributed by atoms with Gasteiger partial charge in [-0.05, 0) is 38.8 Å². The van der Waals surface area contributed by atoms with E-state index in [1.165, 1.54) is 6.07 Å². The molecule has 4 nitrogen and oxygen atoms in total. The minimum Gasteiger partial charge on any atom is -0.375 e. The van der Waals surface area contributed by atoms with Crippen LogP contribution in [0.5, 0.6) is 0 Å². The molecule has 0 spiro atoms. The quantitative estimate of drug-likeness (QED) is 0.911. The van der Waals surface area contributed by atoms with Gasteiger partial charge in [-0.3, -0.25) is 4.79 Å². The molecule has 21 heavy (non-hydrogen) atoms. The number of benzene rings is 1. The van der Waals surface area contributed by atoms with Gasteiger partial charge in [-0.15, -0.1) is 0 Å². The van der Waals surface area contributed by atoms with E-state index in [0.717, 1.165) is 12.1 Å². The zero-order valence-corrected chi connectivity index (χ0v) is 11.9. The van der Waals surface area contributed by atoms with Crippen LogP contribution in [0.25, 0.3) is 0 Å². The van der Waals surface area contributed by atoms with Crippen molar-refractivity contribution in [2.75, 3.05) is 6.61 Å². The maximum Gasteiger partial charge on any atom is 0.251 e. The van der Waals surface area contributed by atoms with Crippen molar-refractivity contribution >= 4 is 5.91 Å². The van der Waals surface area contributed by atoms with Crippen LogP contribution in [0.3, 0.4) is 0 Å². The predicted molar refractivity (Wildman–Crippen MR) is 71.6 cm³/mol. The SMILES string of the molecule is CC1(C)CC(NC(=O)c2cc(F)c(C#N)c(F)c2)CCO1. The lowest BCUT2D eigenvalue weighted by Crippen LogP contribution is -2.45. The van der Waals surface area contributed by atoms with Gasteiger partial charge in [0.1, 0.15) is 23.3 Å². The average Bonchev–Trinajstić information content (AvgIpc) is 2.37. The molecule has 6 heteroatoms. The minimum absolute atomic E-state index is 0.108. The van der Waals surface area contributed by atoms with Gasteiger partial charge >= 0.3 is 0 Å². The summed E-state index contributed by atoms with van der Waals surface area (Å²) in [5, 5.41) is 11.4. The van der Waals surface area contributed by atoms with Gasteiger partial charge in [0, 0.05) is 18.2 Å². The number of hydrogen-bond acceptors (Lipinski definition) is 3. The van der Waals surface area contributed by atoms with Crippen LogP contribution >= 0.6 is 0 Å². The molecule has 1 amide bonds. The first kappa shape index (κ1) is 15.4. The first-order chi connectivity index (χ1) is 9.82. The predicted octanol–water partition coefficient (Wildman–Crippen LogP) is 2.52. The lowest BCUT2D eigenvalue weighted by Gasteiger charge is -2.35. The molecule has 1 atom stereocenters. The Hall–Kier alpha value is -2.00. The molecule has 0 aromatic heterocycles. The maximum absolute atomic E-state index is 13.5. The summed E-state index contributed by atoms with van der Waals surface area (Å²) in [6.45, 7) is 4.37. The van der Waals surface area contributed by atoms with Crippen LogP contribution in [0.15, 0.2) is 12.1 Å². The molecule has 0 saturated carbocycles. The number of carbonyl (C=O) groups excluding carboxylic acids is 1. The third-order valence-electron chi connectivity index (χ3n) is 3.45. The number of carbonyl (C=O) groups is 1. The van der Waals surface area contributed by atoms with Gasteiger partial charge in [-0.25, -0.2) is 8.78 Å². The third kappa shape index (κ3) is 3.56. The number of ether oxygens (including phenoxy) is 1. The Morgan fingerprint density at radius 2 is 2.05 bits per heavy atom. The third-order valence-corrected chi connectivity index (χ3v) is 3.45. The molecule has 1 aliphatic rings. The van der Waals surface area contributed by atoms with E-state index in [1.54, 1.807) is 0 Å². The van der Waals surface area contributed by atoms with E-state index in [9.17, 15) is 13.6 Å². The smallest absolute Gasteiger partial charge is 0.251 e. The van der Waals surface area contributed by atoms with Gasteiger partial charge < -0.3 is 10.1 Å². The highest BCUT2D eigenvalue weighted by molar-refractivity contribution is 5.94. The Balaban J connectivity index is 2.13. The Morgan fingerprint density at radius 3 is 2.57 bits per heavy atom. The second kappa shape index (κ2) is 5.78. The molecule has 1 N–H and O–H groups in total. The highest BCUT2D eigenvalue weighted by Gasteiger charge is 2.30. The monoisotopic (exact) mass is 294 g/mol. The van der Waals surface area contributed by atoms with Crippen molar-refractivity contribution in [2.24, 2.45) is 0 Å². The lowest BCUT2D eigenvalue weighted by molar-refractivity contribution is -0.0615. The van der Waals surface area contributed by atoms with E-state index in [0.29, 0.717) is 19.4 Å². The molecule has 112 valence electrons. The van der Waals surface area contributed by atoms with E-state index in [4.69, 9.17) is 10.00 Å². The number of amides is 1. The normalized spacial score (nSPS) is 20.6. The molecule has 2 rings (SSSR count). The Labute approximate surface area is 121 Å². The number of halogens is 2. The molecular formula is C15H16F2N2O2. The molecule has 1 saturated heterocycles. The van der Waals surface area contributed by atoms with Crippen molar-refractivity contribution in [1.82, 2.24) is 5.32 Å². The van der Waals surface area contributed by atoms with Gasteiger partial charge in [0.05, 0.1) is 5.60 Å². The minimum atomic E-state index is -1.03.